The quantitative estimate of drug-likeness (QED) is 0.334. The number of hydrogen-bond acceptors (Lipinski definition) is 4. The first-order valence-electron chi connectivity index (χ1n) is 8.59. The van der Waals surface area contributed by atoms with Gasteiger partial charge in [-0.25, -0.2) is 0 Å². The number of benzene rings is 1. The molecule has 1 aromatic rings. The Hall–Kier alpha value is -2.28. The molecular formula is C18H26ClN3O4. The first-order valence-corrected chi connectivity index (χ1v) is 8.97. The summed E-state index contributed by atoms with van der Waals surface area (Å²) in [7, 11) is 0. The highest BCUT2D eigenvalue weighted by Gasteiger charge is 2.11. The molecule has 0 bridgehead atoms. The van der Waals surface area contributed by atoms with Crippen molar-refractivity contribution < 1.29 is 19.1 Å². The summed E-state index contributed by atoms with van der Waals surface area (Å²) in [4.78, 5) is 32.3. The molecule has 8 heteroatoms. The second-order valence-corrected chi connectivity index (χ2v) is 6.56. The number of unbranched alkanes of at least 4 members (excludes halogenated alkanes) is 2. The average molecular weight is 384 g/mol. The zero-order chi connectivity index (χ0) is 19.4. The number of amides is 3. The van der Waals surface area contributed by atoms with Crippen LogP contribution < -0.4 is 21.5 Å². The van der Waals surface area contributed by atoms with Gasteiger partial charge in [-0.3, -0.25) is 14.4 Å². The molecule has 0 spiro atoms. The Morgan fingerprint density at radius 2 is 1.85 bits per heavy atom. The smallest absolute Gasteiger partial charge is 0.217 e. The molecule has 0 aromatic heterocycles. The number of primary amides is 2. The Morgan fingerprint density at radius 3 is 2.50 bits per heavy atom. The van der Waals surface area contributed by atoms with Crippen molar-refractivity contribution >= 4 is 29.8 Å². The van der Waals surface area contributed by atoms with Crippen LogP contribution in [-0.4, -0.2) is 30.9 Å². The van der Waals surface area contributed by atoms with E-state index in [-0.39, 0.29) is 25.0 Å². The van der Waals surface area contributed by atoms with Crippen LogP contribution in [0.25, 0.3) is 0 Å². The number of rotatable bonds is 14. The largest absolute Gasteiger partial charge is 0.491 e. The van der Waals surface area contributed by atoms with Gasteiger partial charge in [0, 0.05) is 17.9 Å². The summed E-state index contributed by atoms with van der Waals surface area (Å²) in [5.74, 6) is -0.108. The van der Waals surface area contributed by atoms with Gasteiger partial charge in [0.2, 0.25) is 18.2 Å². The Labute approximate surface area is 158 Å². The van der Waals surface area contributed by atoms with Gasteiger partial charge in [0.25, 0.3) is 0 Å². The van der Waals surface area contributed by atoms with E-state index >= 15 is 0 Å². The van der Waals surface area contributed by atoms with Crippen LogP contribution in [0.5, 0.6) is 5.75 Å². The topological polar surface area (TPSA) is 125 Å². The zero-order valence-corrected chi connectivity index (χ0v) is 15.5. The SMILES string of the molecule is NC(=O)CCCCCc1cc(Cl)cc(OC[C@H](CCC(N)=O)NC=O)c1. The number of carbonyl (C=O) groups excluding carboxylic acids is 3. The van der Waals surface area contributed by atoms with Crippen LogP contribution in [0.3, 0.4) is 0 Å². The lowest BCUT2D eigenvalue weighted by atomic mass is 10.1. The Balaban J connectivity index is 2.52. The molecule has 0 radical (unpaired) electrons. The Kier molecular flexibility index (Phi) is 10.2. The van der Waals surface area contributed by atoms with E-state index in [2.05, 4.69) is 5.32 Å². The summed E-state index contributed by atoms with van der Waals surface area (Å²) in [6, 6.07) is 5.16. The van der Waals surface area contributed by atoms with Crippen LogP contribution in [0.15, 0.2) is 18.2 Å². The highest BCUT2D eigenvalue weighted by molar-refractivity contribution is 6.30. The molecule has 0 unspecified atom stereocenters. The molecule has 0 saturated carbocycles. The van der Waals surface area contributed by atoms with Gasteiger partial charge in [-0.2, -0.15) is 0 Å². The predicted molar refractivity (Wildman–Crippen MR) is 99.7 cm³/mol. The molecule has 3 amide bonds. The number of hydrogen-bond donors (Lipinski definition) is 3. The van der Waals surface area contributed by atoms with Gasteiger partial charge in [0.1, 0.15) is 12.4 Å². The minimum atomic E-state index is -0.427. The molecule has 26 heavy (non-hydrogen) atoms. The van der Waals surface area contributed by atoms with E-state index < -0.39 is 5.91 Å². The molecule has 0 aliphatic carbocycles. The van der Waals surface area contributed by atoms with E-state index in [9.17, 15) is 14.4 Å². The molecule has 5 N–H and O–H groups in total. The van der Waals surface area contributed by atoms with Gasteiger partial charge in [0.15, 0.2) is 0 Å². The van der Waals surface area contributed by atoms with Crippen LogP contribution in [0.1, 0.15) is 44.1 Å². The number of nitrogens with one attached hydrogen (secondary N) is 1. The van der Waals surface area contributed by atoms with Crippen molar-refractivity contribution in [1.29, 1.82) is 0 Å². The van der Waals surface area contributed by atoms with Crippen molar-refractivity contribution in [3.63, 3.8) is 0 Å². The van der Waals surface area contributed by atoms with E-state index in [0.717, 1.165) is 31.2 Å². The molecule has 0 heterocycles. The van der Waals surface area contributed by atoms with Gasteiger partial charge in [-0.1, -0.05) is 18.0 Å². The first kappa shape index (κ1) is 21.8. The molecule has 7 nitrogen and oxygen atoms in total. The van der Waals surface area contributed by atoms with Crippen molar-refractivity contribution in [3.05, 3.63) is 28.8 Å². The third kappa shape index (κ3) is 9.88. The molecule has 0 saturated heterocycles. The van der Waals surface area contributed by atoms with E-state index in [1.54, 1.807) is 6.07 Å². The van der Waals surface area contributed by atoms with Gasteiger partial charge in [-0.15, -0.1) is 0 Å². The third-order valence-corrected chi connectivity index (χ3v) is 4.03. The zero-order valence-electron chi connectivity index (χ0n) is 14.7. The maximum atomic E-state index is 10.9. The van der Waals surface area contributed by atoms with Crippen LogP contribution >= 0.6 is 11.6 Å². The van der Waals surface area contributed by atoms with E-state index in [4.69, 9.17) is 27.8 Å². The second-order valence-electron chi connectivity index (χ2n) is 6.12. The fraction of sp³-hybridized carbons (Fsp3) is 0.500. The normalized spacial score (nSPS) is 11.6. The van der Waals surface area contributed by atoms with Crippen molar-refractivity contribution in [2.75, 3.05) is 6.61 Å². The molecule has 0 fully saturated rings. The van der Waals surface area contributed by atoms with Crippen LogP contribution in [-0.2, 0) is 20.8 Å². The fourth-order valence-corrected chi connectivity index (χ4v) is 2.73. The van der Waals surface area contributed by atoms with Gasteiger partial charge in [0.05, 0.1) is 6.04 Å². The number of carbonyl (C=O) groups is 3. The summed E-state index contributed by atoms with van der Waals surface area (Å²) in [5.41, 5.74) is 11.3. The first-order chi connectivity index (χ1) is 12.4. The minimum Gasteiger partial charge on any atom is -0.491 e. The highest BCUT2D eigenvalue weighted by Crippen LogP contribution is 2.23. The van der Waals surface area contributed by atoms with Gasteiger partial charge < -0.3 is 21.5 Å². The lowest BCUT2D eigenvalue weighted by Gasteiger charge is -2.17. The standard InChI is InChI=1S/C18H26ClN3O4/c19-14-8-13(4-2-1-3-5-17(20)24)9-16(10-14)26-11-15(22-12-23)6-7-18(21)25/h8-10,12,15H,1-7,11H2,(H2,20,24)(H2,21,25)(H,22,23)/t15-/m0/s1. The molecule has 144 valence electrons. The number of nitrogens with two attached hydrogens (primary N) is 2. The molecule has 0 aliphatic rings. The van der Waals surface area contributed by atoms with Gasteiger partial charge in [-0.05, 0) is 49.4 Å². The van der Waals surface area contributed by atoms with Crippen LogP contribution in [0.2, 0.25) is 5.02 Å². The highest BCUT2D eigenvalue weighted by atomic mass is 35.5. The minimum absolute atomic E-state index is 0.168. The Bertz CT molecular complexity index is 610. The van der Waals surface area contributed by atoms with Gasteiger partial charge >= 0.3 is 0 Å². The maximum Gasteiger partial charge on any atom is 0.217 e. The lowest BCUT2D eigenvalue weighted by Crippen LogP contribution is -2.34. The van der Waals surface area contributed by atoms with E-state index in [1.807, 2.05) is 12.1 Å². The van der Waals surface area contributed by atoms with Crippen LogP contribution in [0.4, 0.5) is 0 Å². The number of aryl methyl sites for hydroxylation is 1. The molecular weight excluding hydrogens is 358 g/mol. The van der Waals surface area contributed by atoms with Crippen molar-refractivity contribution in [2.45, 2.75) is 51.0 Å². The average Bonchev–Trinajstić information content (AvgIpc) is 2.56. The summed E-state index contributed by atoms with van der Waals surface area (Å²) >= 11 is 6.14. The van der Waals surface area contributed by atoms with E-state index in [1.165, 1.54) is 0 Å². The maximum absolute atomic E-state index is 10.9. The summed E-state index contributed by atoms with van der Waals surface area (Å²) < 4.78 is 5.71. The molecule has 1 rings (SSSR count). The number of halogens is 1. The Morgan fingerprint density at radius 1 is 1.12 bits per heavy atom. The monoisotopic (exact) mass is 383 g/mol. The second kappa shape index (κ2) is 12.1. The fourth-order valence-electron chi connectivity index (χ4n) is 2.48. The summed E-state index contributed by atoms with van der Waals surface area (Å²) in [6.45, 7) is 0.213. The van der Waals surface area contributed by atoms with Crippen molar-refractivity contribution in [1.82, 2.24) is 5.32 Å². The predicted octanol–water partition coefficient (Wildman–Crippen LogP) is 1.69. The summed E-state index contributed by atoms with van der Waals surface area (Å²) in [6.07, 6.45) is 4.96. The lowest BCUT2D eigenvalue weighted by molar-refractivity contribution is -0.119. The van der Waals surface area contributed by atoms with Crippen LogP contribution in [0, 0.1) is 0 Å². The number of ether oxygens (including phenoxy) is 1. The van der Waals surface area contributed by atoms with Crippen molar-refractivity contribution in [2.24, 2.45) is 11.5 Å². The molecule has 0 aliphatic heterocycles. The van der Waals surface area contributed by atoms with E-state index in [0.29, 0.717) is 30.0 Å². The molecule has 1 atom stereocenters. The van der Waals surface area contributed by atoms with Crippen molar-refractivity contribution in [3.8, 4) is 5.75 Å². The molecule has 1 aromatic carbocycles. The third-order valence-electron chi connectivity index (χ3n) is 3.81. The summed E-state index contributed by atoms with van der Waals surface area (Å²) in [5, 5.41) is 3.17.